The van der Waals surface area contributed by atoms with Gasteiger partial charge >= 0.3 is 0 Å². The lowest BCUT2D eigenvalue weighted by atomic mass is 9.63. The summed E-state index contributed by atoms with van der Waals surface area (Å²) in [5.41, 5.74) is 3.99. The summed E-state index contributed by atoms with van der Waals surface area (Å²) in [6.45, 7) is 11.2. The molecule has 1 aromatic rings. The van der Waals surface area contributed by atoms with E-state index < -0.39 is 0 Å². The summed E-state index contributed by atoms with van der Waals surface area (Å²) in [6, 6.07) is 6.33. The van der Waals surface area contributed by atoms with E-state index in [0.29, 0.717) is 0 Å². The van der Waals surface area contributed by atoms with E-state index in [9.17, 15) is 4.79 Å². The van der Waals surface area contributed by atoms with Crippen LogP contribution in [0.15, 0.2) is 18.2 Å². The fourth-order valence-corrected chi connectivity index (χ4v) is 3.37. The Morgan fingerprint density at radius 1 is 1.15 bits per heavy atom. The van der Waals surface area contributed by atoms with Crippen LogP contribution in [0.5, 0.6) is 0 Å². The number of carbonyl (C=O) groups is 1. The molecule has 1 aliphatic carbocycles. The predicted octanol–water partition coefficient (Wildman–Crippen LogP) is 5.39. The summed E-state index contributed by atoms with van der Waals surface area (Å²) in [7, 11) is 0. The molecule has 0 heterocycles. The van der Waals surface area contributed by atoms with Gasteiger partial charge in [-0.1, -0.05) is 62.7 Å². The van der Waals surface area contributed by atoms with E-state index in [4.69, 9.17) is 0 Å². The van der Waals surface area contributed by atoms with Crippen molar-refractivity contribution in [2.45, 2.75) is 69.5 Å². The molecular formula is C18H25BrO. The van der Waals surface area contributed by atoms with Gasteiger partial charge in [0, 0.05) is 5.56 Å². The molecule has 0 amide bonds. The first-order valence-electron chi connectivity index (χ1n) is 7.52. The van der Waals surface area contributed by atoms with Crippen molar-refractivity contribution in [2.75, 3.05) is 0 Å². The van der Waals surface area contributed by atoms with E-state index in [1.165, 1.54) is 24.0 Å². The molecule has 110 valence electrons. The van der Waals surface area contributed by atoms with Crippen LogP contribution in [-0.4, -0.2) is 10.6 Å². The average molecular weight is 337 g/mol. The second-order valence-electron chi connectivity index (χ2n) is 7.27. The third kappa shape index (κ3) is 2.72. The Labute approximate surface area is 131 Å². The molecule has 0 spiro atoms. The van der Waals surface area contributed by atoms with E-state index in [1.54, 1.807) is 0 Å². The van der Waals surface area contributed by atoms with Gasteiger partial charge in [-0.25, -0.2) is 0 Å². The predicted molar refractivity (Wildman–Crippen MR) is 89.1 cm³/mol. The van der Waals surface area contributed by atoms with Crippen molar-refractivity contribution in [2.24, 2.45) is 0 Å². The normalized spacial score (nSPS) is 21.1. The quantitative estimate of drug-likeness (QED) is 0.534. The molecule has 0 radical (unpaired) electrons. The van der Waals surface area contributed by atoms with Crippen LogP contribution in [0.2, 0.25) is 0 Å². The first-order valence-corrected chi connectivity index (χ1v) is 8.44. The molecule has 1 atom stereocenters. The van der Waals surface area contributed by atoms with Gasteiger partial charge in [0.2, 0.25) is 0 Å². The minimum Gasteiger partial charge on any atom is -0.293 e. The van der Waals surface area contributed by atoms with Gasteiger partial charge in [-0.15, -0.1) is 0 Å². The van der Waals surface area contributed by atoms with Crippen molar-refractivity contribution in [1.82, 2.24) is 0 Å². The third-order valence-electron chi connectivity index (χ3n) is 4.78. The summed E-state index contributed by atoms with van der Waals surface area (Å²) in [4.78, 5) is 12.3. The highest BCUT2D eigenvalue weighted by Gasteiger charge is 2.37. The topological polar surface area (TPSA) is 17.1 Å². The lowest BCUT2D eigenvalue weighted by molar-refractivity contribution is 0.0990. The number of Topliss-reactive ketones (excluding diaryl/α,β-unsaturated/α-hetero) is 1. The lowest BCUT2D eigenvalue weighted by Crippen LogP contribution is -2.34. The molecule has 2 rings (SSSR count). The number of ketones is 1. The molecule has 20 heavy (non-hydrogen) atoms. The van der Waals surface area contributed by atoms with Crippen molar-refractivity contribution in [1.29, 1.82) is 0 Å². The largest absolute Gasteiger partial charge is 0.293 e. The van der Waals surface area contributed by atoms with Gasteiger partial charge in [-0.3, -0.25) is 4.79 Å². The summed E-state index contributed by atoms with van der Waals surface area (Å²) in [6.07, 6.45) is 3.21. The highest BCUT2D eigenvalue weighted by molar-refractivity contribution is 9.10. The van der Waals surface area contributed by atoms with Crippen LogP contribution >= 0.6 is 15.9 Å². The van der Waals surface area contributed by atoms with Crippen LogP contribution in [-0.2, 0) is 10.8 Å². The van der Waals surface area contributed by atoms with Crippen LogP contribution in [0.4, 0.5) is 0 Å². The first-order chi connectivity index (χ1) is 9.19. The summed E-state index contributed by atoms with van der Waals surface area (Å²) in [5, 5.41) is 0. The van der Waals surface area contributed by atoms with Crippen molar-refractivity contribution in [3.8, 4) is 0 Å². The second-order valence-corrected chi connectivity index (χ2v) is 8.37. The monoisotopic (exact) mass is 336 g/mol. The zero-order valence-corrected chi connectivity index (χ0v) is 14.8. The fraction of sp³-hybridized carbons (Fsp3) is 0.611. The van der Waals surface area contributed by atoms with Gasteiger partial charge in [0.15, 0.2) is 5.78 Å². The van der Waals surface area contributed by atoms with Crippen LogP contribution in [0.1, 0.15) is 75.4 Å². The van der Waals surface area contributed by atoms with Crippen molar-refractivity contribution in [3.05, 3.63) is 34.9 Å². The third-order valence-corrected chi connectivity index (χ3v) is 5.84. The number of rotatable bonds is 3. The van der Waals surface area contributed by atoms with Crippen molar-refractivity contribution in [3.63, 3.8) is 0 Å². The smallest absolute Gasteiger partial charge is 0.176 e. The van der Waals surface area contributed by atoms with Crippen LogP contribution < -0.4 is 0 Å². The molecule has 0 aliphatic heterocycles. The number of fused-ring (bicyclic) bond motifs is 1. The Hall–Kier alpha value is -0.630. The lowest BCUT2D eigenvalue weighted by Gasteiger charge is -2.42. The van der Waals surface area contributed by atoms with Gasteiger partial charge in [0.1, 0.15) is 0 Å². The first kappa shape index (κ1) is 15.8. The van der Waals surface area contributed by atoms with Crippen LogP contribution in [0.25, 0.3) is 0 Å². The molecule has 0 fully saturated rings. The van der Waals surface area contributed by atoms with Crippen LogP contribution in [0, 0.1) is 0 Å². The van der Waals surface area contributed by atoms with E-state index in [-0.39, 0.29) is 21.4 Å². The van der Waals surface area contributed by atoms with Gasteiger partial charge in [-0.2, -0.15) is 0 Å². The number of benzene rings is 1. The van der Waals surface area contributed by atoms with E-state index in [2.05, 4.69) is 55.8 Å². The molecule has 0 aromatic heterocycles. The Kier molecular flexibility index (Phi) is 4.17. The highest BCUT2D eigenvalue weighted by Crippen LogP contribution is 2.46. The molecule has 0 saturated carbocycles. The van der Waals surface area contributed by atoms with Gasteiger partial charge < -0.3 is 0 Å². The Morgan fingerprint density at radius 2 is 1.70 bits per heavy atom. The minimum atomic E-state index is -0.0692. The molecule has 1 aromatic carbocycles. The summed E-state index contributed by atoms with van der Waals surface area (Å²) in [5.74, 6) is 0.203. The minimum absolute atomic E-state index is 0.0692. The van der Waals surface area contributed by atoms with Gasteiger partial charge in [-0.05, 0) is 47.3 Å². The standard InChI is InChI=1S/C18H25BrO/c1-6-15(19)16(20)12-7-8-13-14(11-12)18(4,5)10-9-17(13,2)3/h7-8,11,15H,6,9-10H2,1-5H3. The number of hydrogen-bond acceptors (Lipinski definition) is 1. The Bertz CT molecular complexity index is 528. The van der Waals surface area contributed by atoms with E-state index >= 15 is 0 Å². The van der Waals surface area contributed by atoms with Crippen molar-refractivity contribution >= 4 is 21.7 Å². The average Bonchev–Trinajstić information content (AvgIpc) is 2.42. The number of alkyl halides is 1. The van der Waals surface area contributed by atoms with Gasteiger partial charge in [0.05, 0.1) is 4.83 Å². The molecule has 0 saturated heterocycles. The Balaban J connectivity index is 2.51. The zero-order chi connectivity index (χ0) is 15.1. The zero-order valence-electron chi connectivity index (χ0n) is 13.2. The molecule has 1 nitrogen and oxygen atoms in total. The van der Waals surface area contributed by atoms with Crippen molar-refractivity contribution < 1.29 is 4.79 Å². The second kappa shape index (κ2) is 5.29. The SMILES string of the molecule is CCC(Br)C(=O)c1ccc2c(c1)C(C)(C)CCC2(C)C. The van der Waals surface area contributed by atoms with Crippen LogP contribution in [0.3, 0.4) is 0 Å². The highest BCUT2D eigenvalue weighted by atomic mass is 79.9. The maximum Gasteiger partial charge on any atom is 0.176 e. The maximum atomic E-state index is 12.4. The van der Waals surface area contributed by atoms with E-state index in [0.717, 1.165) is 12.0 Å². The summed E-state index contributed by atoms with van der Waals surface area (Å²) < 4.78 is 0. The number of carbonyl (C=O) groups excluding carboxylic acids is 1. The fourth-order valence-electron chi connectivity index (χ4n) is 3.11. The Morgan fingerprint density at radius 3 is 2.25 bits per heavy atom. The van der Waals surface area contributed by atoms with E-state index in [1.807, 2.05) is 13.0 Å². The maximum absolute atomic E-state index is 12.4. The molecule has 1 aliphatic rings. The molecule has 2 heteroatoms. The number of halogens is 1. The molecule has 0 bridgehead atoms. The van der Waals surface area contributed by atoms with Gasteiger partial charge in [0.25, 0.3) is 0 Å². The molecule has 0 N–H and O–H groups in total. The summed E-state index contributed by atoms with van der Waals surface area (Å²) >= 11 is 3.48. The molecule has 1 unspecified atom stereocenters. The number of hydrogen-bond donors (Lipinski definition) is 0. The molecular weight excluding hydrogens is 312 g/mol.